The van der Waals surface area contributed by atoms with Crippen LogP contribution in [0.4, 0.5) is 8.78 Å². The van der Waals surface area contributed by atoms with Gasteiger partial charge in [-0.15, -0.1) is 0 Å². The first-order valence-corrected chi connectivity index (χ1v) is 5.91. The number of nitrogens with zero attached hydrogens (tertiary/aromatic N) is 3. The van der Waals surface area contributed by atoms with Crippen molar-refractivity contribution in [3.8, 4) is 0 Å². The third-order valence-electron chi connectivity index (χ3n) is 2.89. The van der Waals surface area contributed by atoms with E-state index < -0.39 is 11.9 Å². The van der Waals surface area contributed by atoms with Gasteiger partial charge in [0.25, 0.3) is 17.8 Å². The zero-order chi connectivity index (χ0) is 14.2. The number of aromatic nitrogens is 2. The predicted molar refractivity (Wildman–Crippen MR) is 63.7 cm³/mol. The van der Waals surface area contributed by atoms with Gasteiger partial charge in [-0.1, -0.05) is 0 Å². The smallest absolute Gasteiger partial charge is 0.271 e. The number of hydrogen-bond donors (Lipinski definition) is 0. The van der Waals surface area contributed by atoms with E-state index in [1.807, 2.05) is 13.8 Å². The zero-order valence-electron chi connectivity index (χ0n) is 10.8. The highest BCUT2D eigenvalue weighted by molar-refractivity contribution is 6.05. The molecule has 2 aromatic heterocycles. The monoisotopic (exact) mass is 269 g/mol. The summed E-state index contributed by atoms with van der Waals surface area (Å²) in [6, 6.07) is 0. The SMILES string of the molecule is CCN(CC)C(=O)c1c(C)oc2nc(F)c(F)nc12. The molecule has 0 aliphatic rings. The summed E-state index contributed by atoms with van der Waals surface area (Å²) in [4.78, 5) is 20.6. The van der Waals surface area contributed by atoms with Crippen molar-refractivity contribution in [1.82, 2.24) is 14.9 Å². The molecule has 0 atom stereocenters. The van der Waals surface area contributed by atoms with Crippen molar-refractivity contribution in [2.45, 2.75) is 20.8 Å². The normalized spacial score (nSPS) is 11.0. The molecule has 7 heteroatoms. The molecule has 102 valence electrons. The summed E-state index contributed by atoms with van der Waals surface area (Å²) in [7, 11) is 0. The van der Waals surface area contributed by atoms with Gasteiger partial charge in [0.05, 0.1) is 0 Å². The summed E-state index contributed by atoms with van der Waals surface area (Å²) in [6.07, 6.45) is 0. The number of carbonyl (C=O) groups excluding carboxylic acids is 1. The van der Waals surface area contributed by atoms with Crippen molar-refractivity contribution >= 4 is 17.1 Å². The number of carbonyl (C=O) groups is 1. The number of hydrogen-bond acceptors (Lipinski definition) is 4. The minimum absolute atomic E-state index is 0.0479. The number of furan rings is 1. The van der Waals surface area contributed by atoms with Gasteiger partial charge in [0.15, 0.2) is 0 Å². The van der Waals surface area contributed by atoms with Crippen molar-refractivity contribution in [2.24, 2.45) is 0 Å². The molecule has 0 radical (unpaired) electrons. The van der Waals surface area contributed by atoms with Gasteiger partial charge in [-0.3, -0.25) is 4.79 Å². The highest BCUT2D eigenvalue weighted by Crippen LogP contribution is 2.24. The fraction of sp³-hybridized carbons (Fsp3) is 0.417. The van der Waals surface area contributed by atoms with Gasteiger partial charge >= 0.3 is 0 Å². The van der Waals surface area contributed by atoms with Crippen LogP contribution in [0.5, 0.6) is 0 Å². The van der Waals surface area contributed by atoms with Crippen LogP contribution in [0, 0.1) is 18.8 Å². The van der Waals surface area contributed by atoms with E-state index in [1.54, 1.807) is 4.90 Å². The van der Waals surface area contributed by atoms with Gasteiger partial charge in [-0.05, 0) is 20.8 Å². The van der Waals surface area contributed by atoms with Crippen molar-refractivity contribution in [2.75, 3.05) is 13.1 Å². The van der Waals surface area contributed by atoms with Crippen LogP contribution in [0.2, 0.25) is 0 Å². The first-order valence-electron chi connectivity index (χ1n) is 5.91. The maximum atomic E-state index is 13.2. The van der Waals surface area contributed by atoms with Gasteiger partial charge in [0.1, 0.15) is 16.8 Å². The Kier molecular flexibility index (Phi) is 3.46. The molecule has 1 amide bonds. The Morgan fingerprint density at radius 2 is 1.79 bits per heavy atom. The Morgan fingerprint density at radius 1 is 1.21 bits per heavy atom. The molecule has 5 nitrogen and oxygen atoms in total. The second-order valence-electron chi connectivity index (χ2n) is 3.97. The van der Waals surface area contributed by atoms with Crippen LogP contribution in [-0.2, 0) is 0 Å². The molecule has 19 heavy (non-hydrogen) atoms. The number of amides is 1. The lowest BCUT2D eigenvalue weighted by Gasteiger charge is -2.17. The fourth-order valence-electron chi connectivity index (χ4n) is 1.90. The third-order valence-corrected chi connectivity index (χ3v) is 2.89. The van der Waals surface area contributed by atoms with Crippen molar-refractivity contribution in [1.29, 1.82) is 0 Å². The molecule has 0 bridgehead atoms. The quantitative estimate of drug-likeness (QED) is 0.857. The minimum atomic E-state index is -1.35. The molecule has 0 aliphatic carbocycles. The molecule has 0 saturated carbocycles. The highest BCUT2D eigenvalue weighted by Gasteiger charge is 2.25. The molecule has 0 aliphatic heterocycles. The van der Waals surface area contributed by atoms with Crippen LogP contribution >= 0.6 is 0 Å². The topological polar surface area (TPSA) is 59.2 Å². The summed E-state index contributed by atoms with van der Waals surface area (Å²) in [5, 5.41) is 0. The van der Waals surface area contributed by atoms with E-state index in [2.05, 4.69) is 9.97 Å². The Bertz CT molecular complexity index is 635. The first-order chi connectivity index (χ1) is 8.99. The average Bonchev–Trinajstić information content (AvgIpc) is 2.66. The van der Waals surface area contributed by atoms with Gasteiger partial charge in [-0.2, -0.15) is 13.8 Å². The van der Waals surface area contributed by atoms with E-state index in [0.29, 0.717) is 13.1 Å². The maximum absolute atomic E-state index is 13.2. The van der Waals surface area contributed by atoms with Crippen LogP contribution in [0.15, 0.2) is 4.42 Å². The first kappa shape index (κ1) is 13.4. The summed E-state index contributed by atoms with van der Waals surface area (Å²) in [6.45, 7) is 6.18. The maximum Gasteiger partial charge on any atom is 0.271 e. The van der Waals surface area contributed by atoms with Crippen LogP contribution < -0.4 is 0 Å². The van der Waals surface area contributed by atoms with E-state index in [-0.39, 0.29) is 28.5 Å². The summed E-state index contributed by atoms with van der Waals surface area (Å²) in [5.41, 5.74) is -0.0923. The second kappa shape index (κ2) is 4.91. The zero-order valence-corrected chi connectivity index (χ0v) is 10.8. The molecule has 0 unspecified atom stereocenters. The van der Waals surface area contributed by atoms with E-state index in [4.69, 9.17) is 4.42 Å². The molecule has 0 spiro atoms. The second-order valence-corrected chi connectivity index (χ2v) is 3.97. The van der Waals surface area contributed by atoms with Crippen LogP contribution in [0.3, 0.4) is 0 Å². The van der Waals surface area contributed by atoms with Crippen LogP contribution in [0.1, 0.15) is 30.0 Å². The van der Waals surface area contributed by atoms with Gasteiger partial charge in [0.2, 0.25) is 5.71 Å². The molecule has 2 rings (SSSR count). The Morgan fingerprint density at radius 3 is 2.37 bits per heavy atom. The highest BCUT2D eigenvalue weighted by atomic mass is 19.2. The number of aryl methyl sites for hydroxylation is 1. The summed E-state index contributed by atoms with van der Waals surface area (Å²) in [5.74, 6) is -2.77. The Labute approximate surface area is 108 Å². The van der Waals surface area contributed by atoms with E-state index in [0.717, 1.165) is 0 Å². The van der Waals surface area contributed by atoms with Gasteiger partial charge < -0.3 is 9.32 Å². The van der Waals surface area contributed by atoms with E-state index >= 15 is 0 Å². The molecule has 2 heterocycles. The molecule has 0 N–H and O–H groups in total. The fourth-order valence-corrected chi connectivity index (χ4v) is 1.90. The molecular weight excluding hydrogens is 256 g/mol. The van der Waals surface area contributed by atoms with Crippen molar-refractivity contribution in [3.63, 3.8) is 0 Å². The predicted octanol–water partition coefficient (Wildman–Crippen LogP) is 2.29. The van der Waals surface area contributed by atoms with Crippen LogP contribution in [0.25, 0.3) is 11.2 Å². The molecule has 0 fully saturated rings. The van der Waals surface area contributed by atoms with Gasteiger partial charge in [0, 0.05) is 13.1 Å². The number of fused-ring (bicyclic) bond motifs is 1. The summed E-state index contributed by atoms with van der Waals surface area (Å²) < 4.78 is 31.3. The lowest BCUT2D eigenvalue weighted by molar-refractivity contribution is 0.0772. The number of rotatable bonds is 3. The third kappa shape index (κ3) is 2.16. The van der Waals surface area contributed by atoms with Crippen molar-refractivity contribution < 1.29 is 18.0 Å². The molecule has 0 aromatic carbocycles. The van der Waals surface area contributed by atoms with E-state index in [1.165, 1.54) is 6.92 Å². The van der Waals surface area contributed by atoms with Gasteiger partial charge in [-0.25, -0.2) is 4.98 Å². The average molecular weight is 269 g/mol. The minimum Gasteiger partial charge on any atom is -0.441 e. The Balaban J connectivity index is 2.63. The largest absolute Gasteiger partial charge is 0.441 e. The standard InChI is InChI=1S/C12H13F2N3O2/c1-4-17(5-2)12(18)7-6(3)19-11-8(7)15-9(13)10(14)16-11/h4-5H2,1-3H3. The number of halogens is 2. The van der Waals surface area contributed by atoms with Crippen LogP contribution in [-0.4, -0.2) is 33.9 Å². The lowest BCUT2D eigenvalue weighted by atomic mass is 10.2. The molecule has 0 saturated heterocycles. The molecule has 2 aromatic rings. The summed E-state index contributed by atoms with van der Waals surface area (Å²) >= 11 is 0. The van der Waals surface area contributed by atoms with E-state index in [9.17, 15) is 13.6 Å². The van der Waals surface area contributed by atoms with Crippen molar-refractivity contribution in [3.05, 3.63) is 23.2 Å². The Hall–Kier alpha value is -2.05. The lowest BCUT2D eigenvalue weighted by Crippen LogP contribution is -2.30. The molecular formula is C12H13F2N3O2.